The van der Waals surface area contributed by atoms with Crippen molar-refractivity contribution in [3.63, 3.8) is 0 Å². The number of amides is 1. The van der Waals surface area contributed by atoms with Gasteiger partial charge in [0.25, 0.3) is 5.91 Å². The van der Waals surface area contributed by atoms with Gasteiger partial charge < -0.3 is 15.2 Å². The summed E-state index contributed by atoms with van der Waals surface area (Å²) in [6.07, 6.45) is 1.97. The van der Waals surface area contributed by atoms with Crippen LogP contribution in [0.5, 0.6) is 0 Å². The second kappa shape index (κ2) is 6.28. The van der Waals surface area contributed by atoms with Gasteiger partial charge in [0.05, 0.1) is 12.1 Å². The number of benzene rings is 1. The number of rotatable bonds is 5. The van der Waals surface area contributed by atoms with Gasteiger partial charge in [-0.2, -0.15) is 0 Å². The van der Waals surface area contributed by atoms with Gasteiger partial charge in [-0.1, -0.05) is 12.1 Å². The smallest absolute Gasteiger partial charge is 0.253 e. The lowest BCUT2D eigenvalue weighted by Crippen LogP contribution is -2.25. The molecule has 0 aliphatic carbocycles. The average molecular weight is 271 g/mol. The third-order valence-corrected chi connectivity index (χ3v) is 3.10. The van der Waals surface area contributed by atoms with E-state index in [4.69, 9.17) is 0 Å². The lowest BCUT2D eigenvalue weighted by Gasteiger charge is -2.14. The lowest BCUT2D eigenvalue weighted by molar-refractivity contribution is 0.0951. The van der Waals surface area contributed by atoms with E-state index in [2.05, 4.69) is 24.5 Å². The van der Waals surface area contributed by atoms with Crippen LogP contribution in [0.1, 0.15) is 29.9 Å². The zero-order chi connectivity index (χ0) is 14.5. The Morgan fingerprint density at radius 3 is 2.60 bits per heavy atom. The maximum absolute atomic E-state index is 12.3. The van der Waals surface area contributed by atoms with E-state index >= 15 is 0 Å². The van der Waals surface area contributed by atoms with Crippen LogP contribution in [0.3, 0.4) is 0 Å². The number of para-hydroxylation sites is 1. The van der Waals surface area contributed by atoms with Gasteiger partial charge in [0.1, 0.15) is 0 Å². The van der Waals surface area contributed by atoms with Crippen LogP contribution in [0.2, 0.25) is 0 Å². The first-order chi connectivity index (χ1) is 9.58. The third kappa shape index (κ3) is 3.41. The van der Waals surface area contributed by atoms with E-state index in [0.717, 1.165) is 11.4 Å². The van der Waals surface area contributed by atoms with Gasteiger partial charge in [-0.25, -0.2) is 0 Å². The molecule has 0 radical (unpaired) electrons. The molecule has 4 heteroatoms. The molecule has 0 fully saturated rings. The summed E-state index contributed by atoms with van der Waals surface area (Å²) in [7, 11) is 1.97. The van der Waals surface area contributed by atoms with Crippen molar-refractivity contribution in [2.24, 2.45) is 7.05 Å². The Morgan fingerprint density at radius 2 is 1.95 bits per heavy atom. The highest BCUT2D eigenvalue weighted by Crippen LogP contribution is 2.16. The summed E-state index contributed by atoms with van der Waals surface area (Å²) in [6, 6.07) is 11.8. The molecular weight excluding hydrogens is 250 g/mol. The minimum atomic E-state index is -0.0602. The van der Waals surface area contributed by atoms with Crippen molar-refractivity contribution in [1.82, 2.24) is 9.88 Å². The molecule has 0 atom stereocenters. The molecule has 0 spiro atoms. The standard InChI is InChI=1S/C16H21N3O/c1-12(2)18-15-9-5-4-8-14(15)16(20)17-11-13-7-6-10-19(13)3/h4-10,12,18H,11H2,1-3H3,(H,17,20). The predicted octanol–water partition coefficient (Wildman–Crippen LogP) is 2.78. The average Bonchev–Trinajstić information content (AvgIpc) is 2.81. The number of nitrogens with zero attached hydrogens (tertiary/aromatic N) is 1. The normalized spacial score (nSPS) is 10.6. The van der Waals surface area contributed by atoms with Crippen LogP contribution in [0.25, 0.3) is 0 Å². The lowest BCUT2D eigenvalue weighted by atomic mass is 10.1. The van der Waals surface area contributed by atoms with Gasteiger partial charge in [-0.15, -0.1) is 0 Å². The second-order valence-corrected chi connectivity index (χ2v) is 5.14. The molecule has 1 aromatic heterocycles. The molecule has 0 bridgehead atoms. The third-order valence-electron chi connectivity index (χ3n) is 3.10. The van der Waals surface area contributed by atoms with E-state index in [1.54, 1.807) is 0 Å². The number of carbonyl (C=O) groups is 1. The maximum Gasteiger partial charge on any atom is 0.253 e. The monoisotopic (exact) mass is 271 g/mol. The number of nitrogens with one attached hydrogen (secondary N) is 2. The molecule has 4 nitrogen and oxygen atoms in total. The van der Waals surface area contributed by atoms with Crippen molar-refractivity contribution in [3.8, 4) is 0 Å². The fourth-order valence-electron chi connectivity index (χ4n) is 2.06. The van der Waals surface area contributed by atoms with Gasteiger partial charge in [-0.3, -0.25) is 4.79 Å². The predicted molar refractivity (Wildman–Crippen MR) is 81.8 cm³/mol. The topological polar surface area (TPSA) is 46.1 Å². The Bertz CT molecular complexity index is 587. The molecule has 0 unspecified atom stereocenters. The molecule has 0 saturated carbocycles. The van der Waals surface area contributed by atoms with Crippen LogP contribution < -0.4 is 10.6 Å². The highest BCUT2D eigenvalue weighted by molar-refractivity contribution is 5.99. The summed E-state index contributed by atoms with van der Waals surface area (Å²) in [5.74, 6) is -0.0602. The molecule has 2 aromatic rings. The first-order valence-corrected chi connectivity index (χ1v) is 6.82. The van der Waals surface area contributed by atoms with Gasteiger partial charge in [-0.05, 0) is 38.1 Å². The Morgan fingerprint density at radius 1 is 1.20 bits per heavy atom. The van der Waals surface area contributed by atoms with Crippen molar-refractivity contribution in [3.05, 3.63) is 53.9 Å². The summed E-state index contributed by atoms with van der Waals surface area (Å²) in [5, 5.41) is 6.25. The number of aromatic nitrogens is 1. The van der Waals surface area contributed by atoms with E-state index < -0.39 is 0 Å². The highest BCUT2D eigenvalue weighted by atomic mass is 16.1. The molecule has 0 aliphatic rings. The first kappa shape index (κ1) is 14.2. The van der Waals surface area contributed by atoms with E-state index in [-0.39, 0.29) is 11.9 Å². The zero-order valence-corrected chi connectivity index (χ0v) is 12.2. The fourth-order valence-corrected chi connectivity index (χ4v) is 2.06. The van der Waals surface area contributed by atoms with Gasteiger partial charge in [0, 0.05) is 30.7 Å². The zero-order valence-electron chi connectivity index (χ0n) is 12.2. The second-order valence-electron chi connectivity index (χ2n) is 5.14. The quantitative estimate of drug-likeness (QED) is 0.878. The Kier molecular flexibility index (Phi) is 4.45. The van der Waals surface area contributed by atoms with Gasteiger partial charge >= 0.3 is 0 Å². The molecule has 2 rings (SSSR count). The summed E-state index contributed by atoms with van der Waals surface area (Å²) < 4.78 is 2.00. The highest BCUT2D eigenvalue weighted by Gasteiger charge is 2.11. The van der Waals surface area contributed by atoms with E-state index in [1.165, 1.54) is 0 Å². The molecule has 106 valence electrons. The Hall–Kier alpha value is -2.23. The van der Waals surface area contributed by atoms with Gasteiger partial charge in [0.2, 0.25) is 0 Å². The number of anilines is 1. The minimum absolute atomic E-state index is 0.0602. The van der Waals surface area contributed by atoms with Crippen molar-refractivity contribution in [2.75, 3.05) is 5.32 Å². The van der Waals surface area contributed by atoms with Gasteiger partial charge in [0.15, 0.2) is 0 Å². The Balaban J connectivity index is 2.07. The summed E-state index contributed by atoms with van der Waals surface area (Å²) >= 11 is 0. The molecule has 0 aliphatic heterocycles. The van der Waals surface area contributed by atoms with E-state index in [0.29, 0.717) is 12.1 Å². The number of aryl methyl sites for hydroxylation is 1. The van der Waals surface area contributed by atoms with Crippen molar-refractivity contribution >= 4 is 11.6 Å². The number of carbonyl (C=O) groups excluding carboxylic acids is 1. The van der Waals surface area contributed by atoms with Crippen molar-refractivity contribution < 1.29 is 4.79 Å². The maximum atomic E-state index is 12.3. The summed E-state index contributed by atoms with van der Waals surface area (Å²) in [6.45, 7) is 4.63. The van der Waals surface area contributed by atoms with Crippen LogP contribution in [0, 0.1) is 0 Å². The SMILES string of the molecule is CC(C)Nc1ccccc1C(=O)NCc1cccn1C. The molecule has 20 heavy (non-hydrogen) atoms. The minimum Gasteiger partial charge on any atom is -0.382 e. The molecule has 2 N–H and O–H groups in total. The molecule has 0 saturated heterocycles. The van der Waals surface area contributed by atoms with Crippen LogP contribution in [0.15, 0.2) is 42.6 Å². The Labute approximate surface area is 119 Å². The molecular formula is C16H21N3O. The molecule has 1 aromatic carbocycles. The van der Waals surface area contributed by atoms with Crippen molar-refractivity contribution in [1.29, 1.82) is 0 Å². The summed E-state index contributed by atoms with van der Waals surface area (Å²) in [5.41, 5.74) is 2.62. The summed E-state index contributed by atoms with van der Waals surface area (Å²) in [4.78, 5) is 12.3. The largest absolute Gasteiger partial charge is 0.382 e. The van der Waals surface area contributed by atoms with Crippen molar-refractivity contribution in [2.45, 2.75) is 26.4 Å². The van der Waals surface area contributed by atoms with Crippen LogP contribution >= 0.6 is 0 Å². The van der Waals surface area contributed by atoms with E-state index in [1.807, 2.05) is 54.2 Å². The number of hydrogen-bond donors (Lipinski definition) is 2. The van der Waals surface area contributed by atoms with E-state index in [9.17, 15) is 4.79 Å². The fraction of sp³-hybridized carbons (Fsp3) is 0.312. The van der Waals surface area contributed by atoms with Crippen LogP contribution in [0.4, 0.5) is 5.69 Å². The van der Waals surface area contributed by atoms with Crippen LogP contribution in [-0.2, 0) is 13.6 Å². The molecule has 1 amide bonds. The first-order valence-electron chi connectivity index (χ1n) is 6.82. The van der Waals surface area contributed by atoms with Crippen LogP contribution in [-0.4, -0.2) is 16.5 Å². The number of hydrogen-bond acceptors (Lipinski definition) is 2. The molecule has 1 heterocycles.